The lowest BCUT2D eigenvalue weighted by Gasteiger charge is -2.05. The first-order valence-corrected chi connectivity index (χ1v) is 8.64. The maximum absolute atomic E-state index is 12.0. The molecule has 0 unspecified atom stereocenters. The second-order valence-corrected chi connectivity index (χ2v) is 6.49. The minimum Gasteiger partial charge on any atom is -0.339 e. The van der Waals surface area contributed by atoms with Gasteiger partial charge in [0.05, 0.1) is 5.69 Å². The zero-order chi connectivity index (χ0) is 15.4. The highest BCUT2D eigenvalue weighted by Crippen LogP contribution is 2.20. The molecule has 0 spiro atoms. The molecule has 1 N–H and O–H groups in total. The van der Waals surface area contributed by atoms with E-state index in [0.29, 0.717) is 24.6 Å². The van der Waals surface area contributed by atoms with E-state index in [4.69, 9.17) is 4.52 Å². The molecule has 2 heterocycles. The normalized spacial score (nSPS) is 10.6. The number of benzene rings is 1. The second-order valence-electron chi connectivity index (χ2n) is 4.55. The van der Waals surface area contributed by atoms with Gasteiger partial charge in [-0.25, -0.2) is 0 Å². The fourth-order valence-corrected chi connectivity index (χ4v) is 3.02. The highest BCUT2D eigenvalue weighted by atomic mass is 127. The predicted octanol–water partition coefficient (Wildman–Crippen LogP) is 3.97. The molecular weight excluding hydrogens is 413 g/mol. The van der Waals surface area contributed by atoms with Crippen molar-refractivity contribution in [2.24, 2.45) is 0 Å². The van der Waals surface area contributed by atoms with Crippen LogP contribution in [0.2, 0.25) is 0 Å². The Bertz CT molecular complexity index is 771. The molecule has 0 radical (unpaired) electrons. The first-order chi connectivity index (χ1) is 10.7. The van der Waals surface area contributed by atoms with E-state index in [2.05, 4.69) is 38.0 Å². The molecule has 0 atom stereocenters. The molecule has 1 amide bonds. The Balaban J connectivity index is 1.56. The number of halogens is 1. The molecule has 3 rings (SSSR count). The number of anilines is 1. The van der Waals surface area contributed by atoms with Crippen LogP contribution in [0, 0.1) is 3.57 Å². The van der Waals surface area contributed by atoms with E-state index in [9.17, 15) is 4.79 Å². The van der Waals surface area contributed by atoms with Gasteiger partial charge in [0.1, 0.15) is 0 Å². The van der Waals surface area contributed by atoms with Crippen LogP contribution in [0.25, 0.3) is 11.4 Å². The van der Waals surface area contributed by atoms with Gasteiger partial charge >= 0.3 is 0 Å². The third-order valence-electron chi connectivity index (χ3n) is 2.96. The number of aryl methyl sites for hydroxylation is 1. The summed E-state index contributed by atoms with van der Waals surface area (Å²) in [5, 5.41) is 10.7. The standard InChI is InChI=1S/C15H12IN3O2S/c16-11-3-1-2-4-12(11)17-13(20)5-6-14-18-15(19-21-14)10-7-8-22-9-10/h1-4,7-9H,5-6H2,(H,17,20). The Hall–Kier alpha value is -1.74. The Morgan fingerprint density at radius 2 is 2.18 bits per heavy atom. The number of thiophene rings is 1. The molecule has 0 saturated carbocycles. The number of nitrogens with one attached hydrogen (secondary N) is 1. The molecule has 3 aromatic rings. The van der Waals surface area contributed by atoms with E-state index in [1.54, 1.807) is 11.3 Å². The van der Waals surface area contributed by atoms with Crippen molar-refractivity contribution in [1.29, 1.82) is 0 Å². The Morgan fingerprint density at radius 3 is 2.95 bits per heavy atom. The van der Waals surface area contributed by atoms with E-state index in [-0.39, 0.29) is 5.91 Å². The summed E-state index contributed by atoms with van der Waals surface area (Å²) < 4.78 is 6.18. The number of aromatic nitrogens is 2. The first-order valence-electron chi connectivity index (χ1n) is 6.62. The Morgan fingerprint density at radius 1 is 1.32 bits per heavy atom. The van der Waals surface area contributed by atoms with E-state index in [1.165, 1.54) is 0 Å². The van der Waals surface area contributed by atoms with Gasteiger partial charge in [0, 0.05) is 27.4 Å². The number of rotatable bonds is 5. The number of hydrogen-bond donors (Lipinski definition) is 1. The lowest BCUT2D eigenvalue weighted by atomic mass is 10.2. The van der Waals surface area contributed by atoms with Crippen molar-refractivity contribution < 1.29 is 9.32 Å². The number of carbonyl (C=O) groups is 1. The average molecular weight is 425 g/mol. The van der Waals surface area contributed by atoms with E-state index in [1.807, 2.05) is 41.1 Å². The van der Waals surface area contributed by atoms with Crippen LogP contribution in [0.15, 0.2) is 45.6 Å². The summed E-state index contributed by atoms with van der Waals surface area (Å²) in [5.74, 6) is 0.966. The van der Waals surface area contributed by atoms with Crippen LogP contribution < -0.4 is 5.32 Å². The van der Waals surface area contributed by atoms with Gasteiger partial charge in [-0.15, -0.1) is 0 Å². The lowest BCUT2D eigenvalue weighted by Crippen LogP contribution is -2.13. The van der Waals surface area contributed by atoms with Gasteiger partial charge < -0.3 is 9.84 Å². The van der Waals surface area contributed by atoms with E-state index < -0.39 is 0 Å². The summed E-state index contributed by atoms with van der Waals surface area (Å²) in [6.07, 6.45) is 0.725. The zero-order valence-corrected chi connectivity index (χ0v) is 14.4. The predicted molar refractivity (Wildman–Crippen MR) is 93.7 cm³/mol. The third-order valence-corrected chi connectivity index (χ3v) is 4.59. The SMILES string of the molecule is O=C(CCc1nc(-c2ccsc2)no1)Nc1ccccc1I. The molecule has 0 aliphatic heterocycles. The molecule has 0 aliphatic rings. The van der Waals surface area contributed by atoms with Gasteiger partial charge in [-0.05, 0) is 46.2 Å². The summed E-state index contributed by atoms with van der Waals surface area (Å²) in [6.45, 7) is 0. The topological polar surface area (TPSA) is 68.0 Å². The highest BCUT2D eigenvalue weighted by Gasteiger charge is 2.11. The summed E-state index contributed by atoms with van der Waals surface area (Å²) in [6, 6.07) is 9.58. The number of nitrogens with zero attached hydrogens (tertiary/aromatic N) is 2. The van der Waals surface area contributed by atoms with Crippen molar-refractivity contribution >= 4 is 45.5 Å². The van der Waals surface area contributed by atoms with Crippen LogP contribution in [0.1, 0.15) is 12.3 Å². The zero-order valence-electron chi connectivity index (χ0n) is 11.5. The van der Waals surface area contributed by atoms with Crippen LogP contribution in [0.3, 0.4) is 0 Å². The van der Waals surface area contributed by atoms with Crippen molar-refractivity contribution in [3.05, 3.63) is 50.6 Å². The van der Waals surface area contributed by atoms with Crippen molar-refractivity contribution in [3.8, 4) is 11.4 Å². The van der Waals surface area contributed by atoms with Crippen molar-refractivity contribution in [2.45, 2.75) is 12.8 Å². The number of carbonyl (C=O) groups excluding carboxylic acids is 1. The number of para-hydroxylation sites is 1. The number of amides is 1. The van der Waals surface area contributed by atoms with Crippen molar-refractivity contribution in [2.75, 3.05) is 5.32 Å². The fourth-order valence-electron chi connectivity index (χ4n) is 1.86. The molecule has 0 fully saturated rings. The van der Waals surface area contributed by atoms with Gasteiger partial charge in [0.2, 0.25) is 17.6 Å². The average Bonchev–Trinajstić information content (AvgIpc) is 3.18. The van der Waals surface area contributed by atoms with Crippen molar-refractivity contribution in [3.63, 3.8) is 0 Å². The third kappa shape index (κ3) is 3.72. The van der Waals surface area contributed by atoms with Gasteiger partial charge in [0.25, 0.3) is 0 Å². The molecule has 0 aliphatic carbocycles. The molecule has 0 saturated heterocycles. The molecular formula is C15H12IN3O2S. The van der Waals surface area contributed by atoms with Crippen LogP contribution in [0.4, 0.5) is 5.69 Å². The molecule has 7 heteroatoms. The minimum atomic E-state index is -0.0700. The molecule has 22 heavy (non-hydrogen) atoms. The van der Waals surface area contributed by atoms with Crippen LogP contribution in [-0.4, -0.2) is 16.0 Å². The molecule has 2 aromatic heterocycles. The van der Waals surface area contributed by atoms with Crippen LogP contribution >= 0.6 is 33.9 Å². The largest absolute Gasteiger partial charge is 0.339 e. The summed E-state index contributed by atoms with van der Waals surface area (Å²) in [5.41, 5.74) is 1.75. The molecule has 1 aromatic carbocycles. The number of hydrogen-bond acceptors (Lipinski definition) is 5. The Kier molecular flexibility index (Phi) is 4.84. The van der Waals surface area contributed by atoms with Crippen LogP contribution in [-0.2, 0) is 11.2 Å². The molecule has 5 nitrogen and oxygen atoms in total. The summed E-state index contributed by atoms with van der Waals surface area (Å²) in [4.78, 5) is 16.3. The maximum Gasteiger partial charge on any atom is 0.227 e. The van der Waals surface area contributed by atoms with Gasteiger partial charge in [-0.3, -0.25) is 4.79 Å². The first kappa shape index (κ1) is 15.2. The van der Waals surface area contributed by atoms with Gasteiger partial charge in [0.15, 0.2) is 0 Å². The lowest BCUT2D eigenvalue weighted by molar-refractivity contribution is -0.116. The second kappa shape index (κ2) is 7.01. The van der Waals surface area contributed by atoms with Gasteiger partial charge in [-0.2, -0.15) is 16.3 Å². The summed E-state index contributed by atoms with van der Waals surface area (Å²) >= 11 is 3.77. The highest BCUT2D eigenvalue weighted by molar-refractivity contribution is 14.1. The van der Waals surface area contributed by atoms with Gasteiger partial charge in [-0.1, -0.05) is 17.3 Å². The summed E-state index contributed by atoms with van der Waals surface area (Å²) in [7, 11) is 0. The molecule has 0 bridgehead atoms. The van der Waals surface area contributed by atoms with Crippen molar-refractivity contribution in [1.82, 2.24) is 10.1 Å². The minimum absolute atomic E-state index is 0.0700. The van der Waals surface area contributed by atoms with E-state index >= 15 is 0 Å². The fraction of sp³-hybridized carbons (Fsp3) is 0.133. The van der Waals surface area contributed by atoms with Crippen LogP contribution in [0.5, 0.6) is 0 Å². The smallest absolute Gasteiger partial charge is 0.227 e. The van der Waals surface area contributed by atoms with E-state index in [0.717, 1.165) is 14.8 Å². The molecule has 112 valence electrons. The Labute approximate surface area is 144 Å². The monoisotopic (exact) mass is 425 g/mol. The maximum atomic E-state index is 12.0. The quantitative estimate of drug-likeness (QED) is 0.629.